The summed E-state index contributed by atoms with van der Waals surface area (Å²) in [5, 5.41) is 3.29. The Hall–Kier alpha value is -1.07. The molecule has 1 aromatic rings. The van der Waals surface area contributed by atoms with Crippen molar-refractivity contribution in [2.45, 2.75) is 5.75 Å². The Morgan fingerprint density at radius 2 is 2.00 bits per heavy atom. The molecule has 0 amide bonds. The molecule has 0 spiro atoms. The molecule has 1 fully saturated rings. The van der Waals surface area contributed by atoms with Crippen molar-refractivity contribution in [2.75, 3.05) is 31.1 Å². The Labute approximate surface area is 97.2 Å². The second-order valence-electron chi connectivity index (χ2n) is 3.90. The molecule has 0 bridgehead atoms. The van der Waals surface area contributed by atoms with Crippen molar-refractivity contribution in [1.82, 2.24) is 5.32 Å². The molecule has 1 N–H and O–H groups in total. The van der Waals surface area contributed by atoms with Crippen LogP contribution in [-0.4, -0.2) is 34.6 Å². The van der Waals surface area contributed by atoms with Crippen LogP contribution in [0.1, 0.15) is 5.56 Å². The van der Waals surface area contributed by atoms with E-state index in [4.69, 9.17) is 0 Å². The number of rotatable bonds is 3. The molecule has 0 aromatic heterocycles. The van der Waals surface area contributed by atoms with E-state index in [-0.39, 0.29) is 5.75 Å². The molecule has 4 nitrogen and oxygen atoms in total. The van der Waals surface area contributed by atoms with E-state index in [0.29, 0.717) is 0 Å². The van der Waals surface area contributed by atoms with Crippen LogP contribution >= 0.6 is 0 Å². The predicted molar refractivity (Wildman–Crippen MR) is 65.5 cm³/mol. The van der Waals surface area contributed by atoms with Crippen LogP contribution < -0.4 is 10.2 Å². The van der Waals surface area contributed by atoms with E-state index in [0.717, 1.165) is 37.4 Å². The second kappa shape index (κ2) is 5.32. The third kappa shape index (κ3) is 2.96. The van der Waals surface area contributed by atoms with Gasteiger partial charge in [-0.1, -0.05) is 12.1 Å². The van der Waals surface area contributed by atoms with Gasteiger partial charge < -0.3 is 10.2 Å². The molecule has 0 unspecified atom stereocenters. The van der Waals surface area contributed by atoms with E-state index in [2.05, 4.69) is 10.2 Å². The first-order valence-corrected chi connectivity index (χ1v) is 6.78. The smallest absolute Gasteiger partial charge is 0.144 e. The van der Waals surface area contributed by atoms with Crippen LogP contribution in [0.25, 0.3) is 0 Å². The summed E-state index contributed by atoms with van der Waals surface area (Å²) in [7, 11) is -2.34. The van der Waals surface area contributed by atoms with Crippen molar-refractivity contribution in [3.8, 4) is 0 Å². The quantitative estimate of drug-likeness (QED) is 0.742. The Bertz CT molecular complexity index is 418. The summed E-state index contributed by atoms with van der Waals surface area (Å²) in [6.45, 7) is 3.93. The summed E-state index contributed by atoms with van der Waals surface area (Å²) in [4.78, 5) is 2.28. The van der Waals surface area contributed by atoms with Crippen LogP contribution in [-0.2, 0) is 16.5 Å². The van der Waals surface area contributed by atoms with Gasteiger partial charge in [0.1, 0.15) is 10.7 Å². The second-order valence-corrected chi connectivity index (χ2v) is 4.88. The Morgan fingerprint density at radius 1 is 1.25 bits per heavy atom. The minimum Gasteiger partial charge on any atom is -0.369 e. The lowest BCUT2D eigenvalue weighted by atomic mass is 10.2. The predicted octanol–water partition coefficient (Wildman–Crippen LogP) is 0.208. The van der Waals surface area contributed by atoms with Crippen LogP contribution in [0.3, 0.4) is 0 Å². The molecule has 1 aliphatic heterocycles. The van der Waals surface area contributed by atoms with Crippen molar-refractivity contribution in [2.24, 2.45) is 0 Å². The molecule has 0 radical (unpaired) electrons. The van der Waals surface area contributed by atoms with Crippen LogP contribution in [0.2, 0.25) is 0 Å². The third-order valence-corrected chi connectivity index (χ3v) is 3.33. The number of anilines is 1. The van der Waals surface area contributed by atoms with Gasteiger partial charge in [-0.25, -0.2) is 8.42 Å². The number of thiol groups is 1. The summed E-state index contributed by atoms with van der Waals surface area (Å²) < 4.78 is 21.3. The number of hydrogen-bond donors (Lipinski definition) is 2. The third-order valence-electron chi connectivity index (χ3n) is 2.70. The highest BCUT2D eigenvalue weighted by atomic mass is 32.2. The Morgan fingerprint density at radius 3 is 2.69 bits per heavy atom. The van der Waals surface area contributed by atoms with Gasteiger partial charge in [0.05, 0.1) is 5.75 Å². The zero-order chi connectivity index (χ0) is 11.4. The molecule has 0 aliphatic carbocycles. The normalized spacial score (nSPS) is 16.7. The fourth-order valence-electron chi connectivity index (χ4n) is 1.92. The highest BCUT2D eigenvalue weighted by Crippen LogP contribution is 2.17. The highest BCUT2D eigenvalue weighted by Gasteiger charge is 2.10. The zero-order valence-corrected chi connectivity index (χ0v) is 9.95. The van der Waals surface area contributed by atoms with Crippen molar-refractivity contribution in [1.29, 1.82) is 0 Å². The molecule has 16 heavy (non-hydrogen) atoms. The monoisotopic (exact) mass is 240 g/mol. The van der Waals surface area contributed by atoms with E-state index in [1.165, 1.54) is 0 Å². The number of benzene rings is 1. The lowest BCUT2D eigenvalue weighted by molar-refractivity contribution is 0.589. The van der Waals surface area contributed by atoms with Gasteiger partial charge in [0.15, 0.2) is 0 Å². The van der Waals surface area contributed by atoms with Crippen molar-refractivity contribution in [3.63, 3.8) is 0 Å². The van der Waals surface area contributed by atoms with Gasteiger partial charge in [0, 0.05) is 31.9 Å². The molecule has 2 rings (SSSR count). The number of nitrogens with zero attached hydrogens (tertiary/aromatic N) is 1. The lowest BCUT2D eigenvalue weighted by Crippen LogP contribution is -2.43. The van der Waals surface area contributed by atoms with Crippen molar-refractivity contribution < 1.29 is 8.42 Å². The Kier molecular flexibility index (Phi) is 3.79. The number of piperazine rings is 1. The topological polar surface area (TPSA) is 49.4 Å². The summed E-state index contributed by atoms with van der Waals surface area (Å²) in [5.74, 6) is 0.134. The standard InChI is InChI=1S/C11H16N2O2S/c14-16(15)9-10-2-1-3-11(8-10)13-6-4-12-5-7-13/h1-3,8,12,16H,4-7,9H2. The maximum Gasteiger partial charge on any atom is 0.144 e. The number of nitrogens with one attached hydrogen (secondary N) is 1. The summed E-state index contributed by atoms with van der Waals surface area (Å²) in [6, 6.07) is 7.78. The minimum atomic E-state index is -2.34. The van der Waals surface area contributed by atoms with Crippen LogP contribution in [0.5, 0.6) is 0 Å². The van der Waals surface area contributed by atoms with E-state index in [9.17, 15) is 8.42 Å². The first-order chi connectivity index (χ1) is 7.75. The van der Waals surface area contributed by atoms with Crippen LogP contribution in [0, 0.1) is 0 Å². The first-order valence-electron chi connectivity index (χ1n) is 5.42. The maximum absolute atomic E-state index is 10.7. The summed E-state index contributed by atoms with van der Waals surface area (Å²) >= 11 is 0. The van der Waals surface area contributed by atoms with Crippen molar-refractivity contribution >= 4 is 16.4 Å². The zero-order valence-electron chi connectivity index (χ0n) is 9.06. The molecule has 1 aliphatic rings. The van der Waals surface area contributed by atoms with Gasteiger partial charge in [0.2, 0.25) is 0 Å². The average molecular weight is 240 g/mol. The molecule has 88 valence electrons. The highest BCUT2D eigenvalue weighted by molar-refractivity contribution is 7.71. The Balaban J connectivity index is 2.14. The average Bonchev–Trinajstić information content (AvgIpc) is 2.30. The molecule has 1 heterocycles. The van der Waals surface area contributed by atoms with Gasteiger partial charge in [-0.15, -0.1) is 0 Å². The lowest BCUT2D eigenvalue weighted by Gasteiger charge is -2.29. The molecular weight excluding hydrogens is 224 g/mol. The number of hydrogen-bond acceptors (Lipinski definition) is 4. The van der Waals surface area contributed by atoms with E-state index in [1.54, 1.807) is 0 Å². The van der Waals surface area contributed by atoms with Crippen LogP contribution in [0.4, 0.5) is 5.69 Å². The van der Waals surface area contributed by atoms with E-state index >= 15 is 0 Å². The van der Waals surface area contributed by atoms with Gasteiger partial charge in [0.25, 0.3) is 0 Å². The molecule has 5 heteroatoms. The van der Waals surface area contributed by atoms with Gasteiger partial charge in [-0.05, 0) is 17.7 Å². The van der Waals surface area contributed by atoms with Gasteiger partial charge in [-0.2, -0.15) is 0 Å². The summed E-state index contributed by atoms with van der Waals surface area (Å²) in [6.07, 6.45) is 0. The largest absolute Gasteiger partial charge is 0.369 e. The minimum absolute atomic E-state index is 0.134. The fraction of sp³-hybridized carbons (Fsp3) is 0.455. The molecule has 1 aromatic carbocycles. The molecule has 1 saturated heterocycles. The van der Waals surface area contributed by atoms with Crippen molar-refractivity contribution in [3.05, 3.63) is 29.8 Å². The van der Waals surface area contributed by atoms with Gasteiger partial charge >= 0.3 is 0 Å². The van der Waals surface area contributed by atoms with Crippen LogP contribution in [0.15, 0.2) is 24.3 Å². The fourth-order valence-corrected chi connectivity index (χ4v) is 2.42. The molecular formula is C11H16N2O2S. The first kappa shape index (κ1) is 11.4. The molecule has 0 saturated carbocycles. The van der Waals surface area contributed by atoms with E-state index in [1.807, 2.05) is 24.3 Å². The maximum atomic E-state index is 10.7. The van der Waals surface area contributed by atoms with E-state index < -0.39 is 10.7 Å². The SMILES string of the molecule is O=[SH](=O)Cc1cccc(N2CCNCC2)c1. The summed E-state index contributed by atoms with van der Waals surface area (Å²) in [5.41, 5.74) is 1.99. The molecule has 0 atom stereocenters. The van der Waals surface area contributed by atoms with Gasteiger partial charge in [-0.3, -0.25) is 0 Å².